The van der Waals surface area contributed by atoms with Crippen LogP contribution in [-0.4, -0.2) is 22.9 Å². The summed E-state index contributed by atoms with van der Waals surface area (Å²) < 4.78 is 55.5. The number of hydrogen-bond donors (Lipinski definition) is 2. The summed E-state index contributed by atoms with van der Waals surface area (Å²) in [7, 11) is -7.67. The Kier molecular flexibility index (Phi) is 4.41. The molecule has 0 radical (unpaired) electrons. The predicted octanol–water partition coefficient (Wildman–Crippen LogP) is 3.08. The van der Waals surface area contributed by atoms with Crippen LogP contribution in [0.15, 0.2) is 76.5 Å². The molecule has 27 heavy (non-hydrogen) atoms. The van der Waals surface area contributed by atoms with Gasteiger partial charge in [-0.3, -0.25) is 4.72 Å². The van der Waals surface area contributed by atoms with Crippen LogP contribution in [0, 0.1) is 0 Å². The van der Waals surface area contributed by atoms with Gasteiger partial charge < -0.3 is 0 Å². The van der Waals surface area contributed by atoms with E-state index in [1.807, 2.05) is 30.3 Å². The highest BCUT2D eigenvalue weighted by molar-refractivity contribution is 7.93. The van der Waals surface area contributed by atoms with Gasteiger partial charge in [0.05, 0.1) is 15.5 Å². The summed E-state index contributed by atoms with van der Waals surface area (Å²) in [6.45, 7) is 0. The van der Waals surface area contributed by atoms with Crippen molar-refractivity contribution < 1.29 is 16.8 Å². The minimum atomic E-state index is -3.94. The molecule has 0 spiro atoms. The zero-order valence-corrected chi connectivity index (χ0v) is 15.9. The third-order valence-electron chi connectivity index (χ3n) is 4.36. The van der Waals surface area contributed by atoms with Crippen LogP contribution < -0.4 is 9.44 Å². The van der Waals surface area contributed by atoms with E-state index in [9.17, 15) is 16.8 Å². The molecule has 6 nitrogen and oxygen atoms in total. The number of sulfonamides is 2. The molecule has 1 saturated carbocycles. The van der Waals surface area contributed by atoms with E-state index in [4.69, 9.17) is 0 Å². The summed E-state index contributed by atoms with van der Waals surface area (Å²) >= 11 is 0. The topological polar surface area (TPSA) is 92.3 Å². The summed E-state index contributed by atoms with van der Waals surface area (Å²) in [5, 5.41) is 1.67. The highest BCUT2D eigenvalue weighted by Crippen LogP contribution is 2.27. The molecule has 0 unspecified atom stereocenters. The Morgan fingerprint density at radius 3 is 2.11 bits per heavy atom. The summed E-state index contributed by atoms with van der Waals surface area (Å²) in [6, 6.07) is 18.1. The van der Waals surface area contributed by atoms with Crippen molar-refractivity contribution in [3.8, 4) is 0 Å². The van der Waals surface area contributed by atoms with E-state index < -0.39 is 20.0 Å². The van der Waals surface area contributed by atoms with E-state index >= 15 is 0 Å². The van der Waals surface area contributed by atoms with Crippen LogP contribution in [0.25, 0.3) is 10.8 Å². The van der Waals surface area contributed by atoms with Crippen molar-refractivity contribution in [3.05, 3.63) is 66.7 Å². The van der Waals surface area contributed by atoms with Crippen molar-refractivity contribution in [2.45, 2.75) is 28.7 Å². The summed E-state index contributed by atoms with van der Waals surface area (Å²) in [6.07, 6.45) is 1.61. The van der Waals surface area contributed by atoms with E-state index in [0.717, 1.165) is 23.6 Å². The molecule has 0 aromatic heterocycles. The Morgan fingerprint density at radius 2 is 1.37 bits per heavy atom. The fourth-order valence-electron chi connectivity index (χ4n) is 2.82. The molecule has 3 aromatic rings. The molecule has 8 heteroatoms. The fourth-order valence-corrected chi connectivity index (χ4v) is 5.37. The molecule has 1 fully saturated rings. The minimum absolute atomic E-state index is 0.0518. The Labute approximate surface area is 158 Å². The predicted molar refractivity (Wildman–Crippen MR) is 105 cm³/mol. The van der Waals surface area contributed by atoms with Crippen molar-refractivity contribution in [1.82, 2.24) is 4.72 Å². The second kappa shape index (κ2) is 6.63. The Hall–Kier alpha value is -2.42. The van der Waals surface area contributed by atoms with Crippen molar-refractivity contribution in [2.75, 3.05) is 4.72 Å². The second-order valence-corrected chi connectivity index (χ2v) is 9.90. The van der Waals surface area contributed by atoms with Gasteiger partial charge in [0.2, 0.25) is 10.0 Å². The van der Waals surface area contributed by atoms with Crippen molar-refractivity contribution in [3.63, 3.8) is 0 Å². The monoisotopic (exact) mass is 402 g/mol. The average molecular weight is 402 g/mol. The largest absolute Gasteiger partial charge is 0.279 e. The van der Waals surface area contributed by atoms with Crippen LogP contribution >= 0.6 is 0 Å². The first-order valence-corrected chi connectivity index (χ1v) is 11.4. The average Bonchev–Trinajstić information content (AvgIpc) is 3.45. The maximum atomic E-state index is 12.8. The SMILES string of the molecule is O=S(=O)(Nc1cccc2ccccc12)c1cccc(S(=O)(=O)NC2CC2)c1. The van der Waals surface area contributed by atoms with Gasteiger partial charge in [-0.2, -0.15) is 0 Å². The Bertz CT molecular complexity index is 1210. The molecule has 3 aromatic carbocycles. The smallest absolute Gasteiger partial charge is 0.261 e. The second-order valence-electron chi connectivity index (χ2n) is 6.50. The van der Waals surface area contributed by atoms with Gasteiger partial charge in [0.15, 0.2) is 0 Å². The highest BCUT2D eigenvalue weighted by Gasteiger charge is 2.28. The lowest BCUT2D eigenvalue weighted by Crippen LogP contribution is -2.26. The van der Waals surface area contributed by atoms with Gasteiger partial charge in [-0.25, -0.2) is 21.6 Å². The number of hydrogen-bond acceptors (Lipinski definition) is 4. The molecule has 0 aliphatic heterocycles. The van der Waals surface area contributed by atoms with Gasteiger partial charge in [-0.1, -0.05) is 42.5 Å². The van der Waals surface area contributed by atoms with E-state index in [0.29, 0.717) is 5.69 Å². The molecule has 0 atom stereocenters. The van der Waals surface area contributed by atoms with Crippen LogP contribution in [0.2, 0.25) is 0 Å². The van der Waals surface area contributed by atoms with Crippen molar-refractivity contribution >= 4 is 36.5 Å². The molecular weight excluding hydrogens is 384 g/mol. The van der Waals surface area contributed by atoms with E-state index in [2.05, 4.69) is 9.44 Å². The standard InChI is InChI=1S/C19H18N2O4S2/c22-26(23,20-15-11-12-15)16-7-4-8-17(13-16)27(24,25)21-19-10-3-6-14-5-1-2-9-18(14)19/h1-10,13,15,20-21H,11-12H2. The maximum absolute atomic E-state index is 12.8. The van der Waals surface area contributed by atoms with Gasteiger partial charge >= 0.3 is 0 Å². The molecule has 1 aliphatic rings. The number of fused-ring (bicyclic) bond motifs is 1. The minimum Gasteiger partial charge on any atom is -0.279 e. The van der Waals surface area contributed by atoms with Gasteiger partial charge in [0.1, 0.15) is 0 Å². The first-order valence-electron chi connectivity index (χ1n) is 8.48. The first-order chi connectivity index (χ1) is 12.9. The zero-order valence-electron chi connectivity index (χ0n) is 14.3. The lowest BCUT2D eigenvalue weighted by Gasteiger charge is -2.12. The van der Waals surface area contributed by atoms with E-state index in [1.165, 1.54) is 24.3 Å². The third-order valence-corrected chi connectivity index (χ3v) is 7.24. The van der Waals surface area contributed by atoms with Gasteiger partial charge in [0.25, 0.3) is 10.0 Å². The number of rotatable bonds is 6. The lowest BCUT2D eigenvalue weighted by atomic mass is 10.1. The van der Waals surface area contributed by atoms with Crippen molar-refractivity contribution in [2.24, 2.45) is 0 Å². The summed E-state index contributed by atoms with van der Waals surface area (Å²) in [4.78, 5) is -0.163. The fraction of sp³-hybridized carbons (Fsp3) is 0.158. The van der Waals surface area contributed by atoms with Crippen LogP contribution in [-0.2, 0) is 20.0 Å². The van der Waals surface area contributed by atoms with E-state index in [-0.39, 0.29) is 15.8 Å². The summed E-state index contributed by atoms with van der Waals surface area (Å²) in [5.74, 6) is 0. The number of nitrogens with one attached hydrogen (secondary N) is 2. The molecule has 140 valence electrons. The van der Waals surface area contributed by atoms with Gasteiger partial charge in [0, 0.05) is 11.4 Å². The number of benzene rings is 3. The molecule has 1 aliphatic carbocycles. The van der Waals surface area contributed by atoms with Crippen molar-refractivity contribution in [1.29, 1.82) is 0 Å². The first kappa shape index (κ1) is 18.0. The van der Waals surface area contributed by atoms with E-state index in [1.54, 1.807) is 12.1 Å². The number of anilines is 1. The highest BCUT2D eigenvalue weighted by atomic mass is 32.2. The van der Waals surface area contributed by atoms with Gasteiger partial charge in [-0.05, 0) is 42.5 Å². The molecule has 2 N–H and O–H groups in total. The molecule has 4 rings (SSSR count). The lowest BCUT2D eigenvalue weighted by molar-refractivity contribution is 0.580. The maximum Gasteiger partial charge on any atom is 0.261 e. The zero-order chi connectivity index (χ0) is 19.1. The van der Waals surface area contributed by atoms with Crippen LogP contribution in [0.3, 0.4) is 0 Å². The Balaban J connectivity index is 1.69. The molecule has 0 heterocycles. The van der Waals surface area contributed by atoms with Crippen LogP contribution in [0.4, 0.5) is 5.69 Å². The quantitative estimate of drug-likeness (QED) is 0.663. The molecule has 0 bridgehead atoms. The molecule has 0 amide bonds. The van der Waals surface area contributed by atoms with Crippen LogP contribution in [0.1, 0.15) is 12.8 Å². The van der Waals surface area contributed by atoms with Crippen LogP contribution in [0.5, 0.6) is 0 Å². The normalized spacial score (nSPS) is 15.0. The Morgan fingerprint density at radius 1 is 0.741 bits per heavy atom. The summed E-state index contributed by atoms with van der Waals surface area (Å²) in [5.41, 5.74) is 0.442. The van der Waals surface area contributed by atoms with Gasteiger partial charge in [-0.15, -0.1) is 0 Å². The molecule has 0 saturated heterocycles. The molecular formula is C19H18N2O4S2. The third kappa shape index (κ3) is 3.83.